The van der Waals surface area contributed by atoms with E-state index >= 15 is 0 Å². The molecule has 526 valence electrons. The molecule has 0 rings (SSSR count). The van der Waals surface area contributed by atoms with Gasteiger partial charge in [0, 0.05) is 12.8 Å². The number of hydrogen-bond acceptors (Lipinski definition) is 5. The molecule has 0 aliphatic rings. The van der Waals surface area contributed by atoms with Crippen molar-refractivity contribution in [3.63, 3.8) is 0 Å². The first kappa shape index (κ1) is 87.1. The van der Waals surface area contributed by atoms with Crippen molar-refractivity contribution in [1.29, 1.82) is 0 Å². The van der Waals surface area contributed by atoms with Crippen molar-refractivity contribution in [3.05, 3.63) is 36.5 Å². The van der Waals surface area contributed by atoms with Crippen molar-refractivity contribution in [1.82, 2.24) is 5.32 Å². The highest BCUT2D eigenvalue weighted by Gasteiger charge is 2.18. The maximum absolute atomic E-state index is 12.6. The lowest BCUT2D eigenvalue weighted by Crippen LogP contribution is -2.45. The minimum absolute atomic E-state index is 0.0175. The molecular weight excluding hydrogens is 1090 g/mol. The Balaban J connectivity index is 3.41. The smallest absolute Gasteiger partial charge is 0.305 e. The van der Waals surface area contributed by atoms with Gasteiger partial charge in [-0.3, -0.25) is 9.59 Å². The van der Waals surface area contributed by atoms with E-state index in [1.807, 2.05) is 6.08 Å². The zero-order valence-corrected chi connectivity index (χ0v) is 60.4. The number of aliphatic hydroxyl groups is 2. The molecule has 0 aromatic rings. The monoisotopic (exact) mass is 1250 g/mol. The summed E-state index contributed by atoms with van der Waals surface area (Å²) in [6.07, 6.45) is 103. The second kappa shape index (κ2) is 78.5. The quantitative estimate of drug-likeness (QED) is 0.0320. The van der Waals surface area contributed by atoms with E-state index in [4.69, 9.17) is 4.74 Å². The van der Waals surface area contributed by atoms with Gasteiger partial charge in [-0.05, 0) is 64.2 Å². The zero-order valence-electron chi connectivity index (χ0n) is 60.4. The molecule has 6 heteroatoms. The Morgan fingerprint density at radius 3 is 0.854 bits per heavy atom. The van der Waals surface area contributed by atoms with Crippen molar-refractivity contribution >= 4 is 11.9 Å². The first-order chi connectivity index (χ1) is 44.0. The summed E-state index contributed by atoms with van der Waals surface area (Å²) in [5.41, 5.74) is 0. The molecule has 0 aliphatic heterocycles. The summed E-state index contributed by atoms with van der Waals surface area (Å²) in [5, 5.41) is 23.3. The number of carbonyl (C=O) groups is 2. The number of hydrogen-bond donors (Lipinski definition) is 3. The molecule has 89 heavy (non-hydrogen) atoms. The molecule has 0 radical (unpaired) electrons. The largest absolute Gasteiger partial charge is 0.466 e. The second-order valence-corrected chi connectivity index (χ2v) is 28.1. The van der Waals surface area contributed by atoms with Gasteiger partial charge < -0.3 is 20.3 Å². The highest BCUT2D eigenvalue weighted by Crippen LogP contribution is 2.20. The van der Waals surface area contributed by atoms with Crippen LogP contribution in [0.3, 0.4) is 0 Å². The van der Waals surface area contributed by atoms with E-state index in [9.17, 15) is 19.8 Å². The van der Waals surface area contributed by atoms with Crippen molar-refractivity contribution in [2.45, 2.75) is 469 Å². The molecule has 0 spiro atoms. The van der Waals surface area contributed by atoms with E-state index in [1.54, 1.807) is 6.08 Å². The fourth-order valence-electron chi connectivity index (χ4n) is 13.0. The predicted octanol–water partition coefficient (Wildman–Crippen LogP) is 27.0. The minimum Gasteiger partial charge on any atom is -0.466 e. The predicted molar refractivity (Wildman–Crippen MR) is 393 cm³/mol. The second-order valence-electron chi connectivity index (χ2n) is 28.1. The van der Waals surface area contributed by atoms with E-state index in [-0.39, 0.29) is 18.5 Å². The molecule has 0 heterocycles. The molecule has 0 aromatic heterocycles. The van der Waals surface area contributed by atoms with E-state index in [0.717, 1.165) is 44.9 Å². The number of carbonyl (C=O) groups excluding carboxylic acids is 2. The SMILES string of the molecule is CCCCCCCCCCCCCCCCCCCCCCCC/C=C/C(O)C(CO)NC(=O)CCCCCCCCCCCCCCC/C=C\C/C=C\CCCCCCCCCCCOC(=O)CCCCCCCCCCCCCCCCCCCCC. The summed E-state index contributed by atoms with van der Waals surface area (Å²) in [6, 6.07) is -0.631. The summed E-state index contributed by atoms with van der Waals surface area (Å²) < 4.78 is 5.52. The van der Waals surface area contributed by atoms with Gasteiger partial charge in [0.1, 0.15) is 0 Å². The molecule has 0 aliphatic carbocycles. The summed E-state index contributed by atoms with van der Waals surface area (Å²) in [4.78, 5) is 24.7. The molecule has 1 amide bonds. The van der Waals surface area contributed by atoms with Crippen LogP contribution in [-0.4, -0.2) is 47.4 Å². The number of ether oxygens (including phenoxy) is 1. The van der Waals surface area contributed by atoms with Gasteiger partial charge in [0.05, 0.1) is 25.4 Å². The Kier molecular flexibility index (Phi) is 76.8. The van der Waals surface area contributed by atoms with Gasteiger partial charge >= 0.3 is 5.97 Å². The number of allylic oxidation sites excluding steroid dienone is 5. The molecule has 0 saturated carbocycles. The van der Waals surface area contributed by atoms with Crippen LogP contribution in [-0.2, 0) is 14.3 Å². The maximum atomic E-state index is 12.6. The van der Waals surface area contributed by atoms with Crippen molar-refractivity contribution < 1.29 is 24.5 Å². The molecular formula is C83H159NO5. The van der Waals surface area contributed by atoms with Crippen LogP contribution in [0.2, 0.25) is 0 Å². The lowest BCUT2D eigenvalue weighted by molar-refractivity contribution is -0.143. The summed E-state index contributed by atoms with van der Waals surface area (Å²) in [5.74, 6) is -0.0466. The number of aliphatic hydroxyl groups excluding tert-OH is 2. The Morgan fingerprint density at radius 2 is 0.562 bits per heavy atom. The van der Waals surface area contributed by atoms with E-state index < -0.39 is 12.1 Å². The highest BCUT2D eigenvalue weighted by molar-refractivity contribution is 5.76. The van der Waals surface area contributed by atoms with Gasteiger partial charge in [-0.15, -0.1) is 0 Å². The molecule has 3 N–H and O–H groups in total. The van der Waals surface area contributed by atoms with E-state index in [1.165, 1.54) is 385 Å². The van der Waals surface area contributed by atoms with Gasteiger partial charge in [-0.1, -0.05) is 416 Å². The molecule has 0 saturated heterocycles. The fraction of sp³-hybridized carbons (Fsp3) is 0.904. The average molecular weight is 1250 g/mol. The first-order valence-electron chi connectivity index (χ1n) is 40.8. The van der Waals surface area contributed by atoms with Crippen LogP contribution in [0, 0.1) is 0 Å². The lowest BCUT2D eigenvalue weighted by Gasteiger charge is -2.20. The van der Waals surface area contributed by atoms with E-state index in [0.29, 0.717) is 19.4 Å². The van der Waals surface area contributed by atoms with Crippen LogP contribution in [0.1, 0.15) is 457 Å². The van der Waals surface area contributed by atoms with Crippen molar-refractivity contribution in [2.24, 2.45) is 0 Å². The lowest BCUT2D eigenvalue weighted by atomic mass is 10.0. The standard InChI is InChI=1S/C83H159NO5/c1-3-5-7-9-11-13-15-17-19-21-23-24-25-33-36-40-43-47-51-55-59-63-67-71-75-81(86)80(79-85)84-82(87)76-72-68-64-60-56-52-48-44-41-37-34-31-29-27-26-28-30-32-35-38-42-46-50-54-58-62-66-70-74-78-89-83(88)77-73-69-65-61-57-53-49-45-39-22-20-18-16-14-12-10-8-6-4-2/h26,28,32,35,71,75,80-81,85-86H,3-25,27,29-31,33-34,36-70,72-74,76-79H2,1-2H3,(H,84,87)/b28-26-,35-32-,75-71+. The molecule has 6 nitrogen and oxygen atoms in total. The third-order valence-corrected chi connectivity index (χ3v) is 19.2. The average Bonchev–Trinajstić information content (AvgIpc) is 3.57. The normalized spacial score (nSPS) is 12.6. The van der Waals surface area contributed by atoms with Crippen molar-refractivity contribution in [3.8, 4) is 0 Å². The van der Waals surface area contributed by atoms with Crippen LogP contribution >= 0.6 is 0 Å². The Labute approximate surface area is 557 Å². The van der Waals surface area contributed by atoms with Crippen LogP contribution in [0.25, 0.3) is 0 Å². The molecule has 2 atom stereocenters. The zero-order chi connectivity index (χ0) is 64.2. The third-order valence-electron chi connectivity index (χ3n) is 19.2. The van der Waals surface area contributed by atoms with Gasteiger partial charge in [-0.2, -0.15) is 0 Å². The summed E-state index contributed by atoms with van der Waals surface area (Å²) >= 11 is 0. The summed E-state index contributed by atoms with van der Waals surface area (Å²) in [6.45, 7) is 4.96. The molecule has 0 aromatic carbocycles. The molecule has 2 unspecified atom stereocenters. The first-order valence-corrected chi connectivity index (χ1v) is 40.8. The Morgan fingerprint density at radius 1 is 0.315 bits per heavy atom. The van der Waals surface area contributed by atoms with Crippen LogP contribution in [0.5, 0.6) is 0 Å². The third kappa shape index (κ3) is 75.0. The highest BCUT2D eigenvalue weighted by atomic mass is 16.5. The maximum Gasteiger partial charge on any atom is 0.305 e. The van der Waals surface area contributed by atoms with Gasteiger partial charge in [0.2, 0.25) is 5.91 Å². The number of unbranched alkanes of at least 4 members (excludes halogenated alkanes) is 62. The fourth-order valence-corrected chi connectivity index (χ4v) is 13.0. The van der Waals surface area contributed by atoms with Gasteiger partial charge in [0.25, 0.3) is 0 Å². The van der Waals surface area contributed by atoms with Crippen LogP contribution < -0.4 is 5.32 Å². The number of rotatable bonds is 77. The van der Waals surface area contributed by atoms with Gasteiger partial charge in [0.15, 0.2) is 0 Å². The van der Waals surface area contributed by atoms with Crippen molar-refractivity contribution in [2.75, 3.05) is 13.2 Å². The van der Waals surface area contributed by atoms with Crippen LogP contribution in [0.15, 0.2) is 36.5 Å². The van der Waals surface area contributed by atoms with Gasteiger partial charge in [-0.25, -0.2) is 0 Å². The Bertz CT molecular complexity index is 1440. The number of amides is 1. The topological polar surface area (TPSA) is 95.9 Å². The minimum atomic E-state index is -0.847. The molecule has 0 bridgehead atoms. The van der Waals surface area contributed by atoms with E-state index in [2.05, 4.69) is 43.5 Å². The number of esters is 1. The number of nitrogens with one attached hydrogen (secondary N) is 1. The van der Waals surface area contributed by atoms with Crippen LogP contribution in [0.4, 0.5) is 0 Å². The Hall–Kier alpha value is -1.92. The summed E-state index contributed by atoms with van der Waals surface area (Å²) in [7, 11) is 0. The molecule has 0 fully saturated rings.